The van der Waals surface area contributed by atoms with Crippen LogP contribution in [0.1, 0.15) is 24.1 Å². The minimum atomic E-state index is 0.396. The van der Waals surface area contributed by atoms with Crippen molar-refractivity contribution in [2.45, 2.75) is 25.8 Å². The van der Waals surface area contributed by atoms with Gasteiger partial charge >= 0.3 is 0 Å². The van der Waals surface area contributed by atoms with Crippen molar-refractivity contribution in [3.05, 3.63) is 35.9 Å². The molecule has 3 rings (SSSR count). The molecule has 0 unspecified atom stereocenters. The highest BCUT2D eigenvalue weighted by Gasteiger charge is 2.25. The molecule has 0 saturated carbocycles. The van der Waals surface area contributed by atoms with Crippen molar-refractivity contribution in [1.29, 1.82) is 5.26 Å². The van der Waals surface area contributed by atoms with Crippen LogP contribution in [-0.4, -0.2) is 46.1 Å². The second-order valence-corrected chi connectivity index (χ2v) is 5.74. The lowest BCUT2D eigenvalue weighted by Gasteiger charge is -2.36. The third-order valence-electron chi connectivity index (χ3n) is 4.14. The summed E-state index contributed by atoms with van der Waals surface area (Å²) in [6.45, 7) is 3.70. The molecule has 1 aliphatic heterocycles. The summed E-state index contributed by atoms with van der Waals surface area (Å²) in [6, 6.07) is 4.08. The Bertz CT molecular complexity index is 699. The third kappa shape index (κ3) is 3.37. The smallest absolute Gasteiger partial charge is 0.226 e. The van der Waals surface area contributed by atoms with Crippen LogP contribution in [0.15, 0.2) is 24.7 Å². The molecule has 0 aliphatic carbocycles. The molecular weight excluding hydrogens is 290 g/mol. The Labute approximate surface area is 135 Å². The highest BCUT2D eigenvalue weighted by atomic mass is 15.3. The molecule has 0 N–H and O–H groups in total. The summed E-state index contributed by atoms with van der Waals surface area (Å²) in [6.07, 6.45) is 7.28. The van der Waals surface area contributed by atoms with Crippen LogP contribution in [0.5, 0.6) is 0 Å². The summed E-state index contributed by atoms with van der Waals surface area (Å²) >= 11 is 0. The Morgan fingerprint density at radius 3 is 2.57 bits per heavy atom. The average Bonchev–Trinajstić information content (AvgIpc) is 2.62. The summed E-state index contributed by atoms with van der Waals surface area (Å²) in [5.41, 5.74) is 1.47. The van der Waals surface area contributed by atoms with Gasteiger partial charge in [-0.1, -0.05) is 0 Å². The summed E-state index contributed by atoms with van der Waals surface area (Å²) in [7, 11) is 2.04. The monoisotopic (exact) mass is 309 g/mol. The largest absolute Gasteiger partial charge is 0.341 e. The first-order valence-electron chi connectivity index (χ1n) is 7.67. The molecule has 0 bridgehead atoms. The van der Waals surface area contributed by atoms with E-state index in [1.165, 1.54) is 0 Å². The lowest BCUT2D eigenvalue weighted by molar-refractivity contribution is 0.473. The van der Waals surface area contributed by atoms with E-state index in [2.05, 4.69) is 35.8 Å². The van der Waals surface area contributed by atoms with Crippen LogP contribution < -0.4 is 9.80 Å². The van der Waals surface area contributed by atoms with E-state index in [4.69, 9.17) is 5.26 Å². The van der Waals surface area contributed by atoms with E-state index >= 15 is 0 Å². The maximum absolute atomic E-state index is 8.94. The Morgan fingerprint density at radius 2 is 1.91 bits per heavy atom. The van der Waals surface area contributed by atoms with Gasteiger partial charge in [-0.25, -0.2) is 19.9 Å². The lowest BCUT2D eigenvalue weighted by Crippen LogP contribution is -2.44. The molecule has 2 aromatic rings. The number of hydrogen-bond donors (Lipinski definition) is 0. The van der Waals surface area contributed by atoms with Gasteiger partial charge in [0, 0.05) is 44.8 Å². The van der Waals surface area contributed by atoms with E-state index in [1.807, 2.05) is 26.4 Å². The molecule has 0 aromatic carbocycles. The van der Waals surface area contributed by atoms with Crippen molar-refractivity contribution in [3.8, 4) is 6.07 Å². The predicted octanol–water partition coefficient (Wildman–Crippen LogP) is 1.55. The van der Waals surface area contributed by atoms with Crippen LogP contribution >= 0.6 is 0 Å². The number of rotatable bonds is 3. The number of anilines is 2. The Hall–Kier alpha value is -2.75. The fourth-order valence-electron chi connectivity index (χ4n) is 2.75. The first kappa shape index (κ1) is 15.2. The van der Waals surface area contributed by atoms with Crippen LogP contribution in [0.3, 0.4) is 0 Å². The van der Waals surface area contributed by atoms with Crippen LogP contribution in [0.25, 0.3) is 0 Å². The van der Waals surface area contributed by atoms with Gasteiger partial charge in [0.05, 0.1) is 0 Å². The molecule has 23 heavy (non-hydrogen) atoms. The summed E-state index contributed by atoms with van der Waals surface area (Å²) in [5.74, 6) is 1.40. The molecule has 7 heteroatoms. The minimum Gasteiger partial charge on any atom is -0.341 e. The molecule has 1 fully saturated rings. The van der Waals surface area contributed by atoms with E-state index in [9.17, 15) is 0 Å². The Morgan fingerprint density at radius 1 is 1.22 bits per heavy atom. The maximum Gasteiger partial charge on any atom is 0.226 e. The highest BCUT2D eigenvalue weighted by Crippen LogP contribution is 2.21. The zero-order chi connectivity index (χ0) is 16.2. The predicted molar refractivity (Wildman–Crippen MR) is 87.2 cm³/mol. The molecule has 7 nitrogen and oxygen atoms in total. The number of aromatic nitrogens is 4. The molecule has 0 radical (unpaired) electrons. The van der Waals surface area contributed by atoms with Gasteiger partial charge in [0.2, 0.25) is 11.9 Å². The molecule has 0 atom stereocenters. The Kier molecular flexibility index (Phi) is 4.33. The third-order valence-corrected chi connectivity index (χ3v) is 4.14. The van der Waals surface area contributed by atoms with Crippen molar-refractivity contribution in [3.63, 3.8) is 0 Å². The quantitative estimate of drug-likeness (QED) is 0.850. The fraction of sp³-hybridized carbons (Fsp3) is 0.438. The number of nitrogens with zero attached hydrogens (tertiary/aromatic N) is 7. The summed E-state index contributed by atoms with van der Waals surface area (Å²) in [4.78, 5) is 21.6. The van der Waals surface area contributed by atoms with Gasteiger partial charge in [-0.05, 0) is 31.4 Å². The fourth-order valence-corrected chi connectivity index (χ4v) is 2.75. The van der Waals surface area contributed by atoms with Gasteiger partial charge in [0.1, 0.15) is 11.8 Å². The molecule has 118 valence electrons. The zero-order valence-electron chi connectivity index (χ0n) is 13.3. The van der Waals surface area contributed by atoms with E-state index in [1.54, 1.807) is 12.3 Å². The van der Waals surface area contributed by atoms with Crippen LogP contribution in [0.2, 0.25) is 0 Å². The van der Waals surface area contributed by atoms with Crippen LogP contribution in [0, 0.1) is 18.3 Å². The van der Waals surface area contributed by atoms with Gasteiger partial charge in [0.25, 0.3) is 0 Å². The summed E-state index contributed by atoms with van der Waals surface area (Å²) < 4.78 is 0. The maximum atomic E-state index is 8.94. The number of piperidine rings is 1. The Balaban J connectivity index is 1.63. The molecule has 3 heterocycles. The second-order valence-electron chi connectivity index (χ2n) is 5.74. The van der Waals surface area contributed by atoms with Gasteiger partial charge in [0.15, 0.2) is 0 Å². The first-order chi connectivity index (χ1) is 11.2. The second kappa shape index (κ2) is 6.57. The van der Waals surface area contributed by atoms with E-state index in [0.29, 0.717) is 17.7 Å². The van der Waals surface area contributed by atoms with E-state index in [-0.39, 0.29) is 0 Å². The zero-order valence-corrected chi connectivity index (χ0v) is 13.3. The number of aryl methyl sites for hydroxylation is 1. The van der Waals surface area contributed by atoms with E-state index in [0.717, 1.165) is 37.4 Å². The SMILES string of the molecule is Cc1cnc(N(C)C2CCN(c3nccc(C#N)n3)CC2)nc1. The average molecular weight is 309 g/mol. The molecular formula is C16H19N7. The molecule has 0 amide bonds. The molecule has 2 aromatic heterocycles. The summed E-state index contributed by atoms with van der Waals surface area (Å²) in [5, 5.41) is 8.94. The number of hydrogen-bond acceptors (Lipinski definition) is 7. The first-order valence-corrected chi connectivity index (χ1v) is 7.67. The standard InChI is InChI=1S/C16H19N7/c1-12-10-19-15(20-11-12)22(2)14-4-7-23(8-5-14)16-18-6-3-13(9-17)21-16/h3,6,10-11,14H,4-5,7-8H2,1-2H3. The van der Waals surface area contributed by atoms with Crippen molar-refractivity contribution in [2.75, 3.05) is 29.9 Å². The molecule has 0 spiro atoms. The minimum absolute atomic E-state index is 0.396. The van der Waals surface area contributed by atoms with Crippen molar-refractivity contribution >= 4 is 11.9 Å². The van der Waals surface area contributed by atoms with E-state index < -0.39 is 0 Å². The van der Waals surface area contributed by atoms with Crippen molar-refractivity contribution in [1.82, 2.24) is 19.9 Å². The van der Waals surface area contributed by atoms with Crippen LogP contribution in [-0.2, 0) is 0 Å². The van der Waals surface area contributed by atoms with Crippen molar-refractivity contribution in [2.24, 2.45) is 0 Å². The van der Waals surface area contributed by atoms with Crippen LogP contribution in [0.4, 0.5) is 11.9 Å². The van der Waals surface area contributed by atoms with Gasteiger partial charge < -0.3 is 9.80 Å². The van der Waals surface area contributed by atoms with Crippen molar-refractivity contribution < 1.29 is 0 Å². The lowest BCUT2D eigenvalue weighted by atomic mass is 10.0. The molecule has 1 aliphatic rings. The van der Waals surface area contributed by atoms with Gasteiger partial charge in [-0.15, -0.1) is 0 Å². The topological polar surface area (TPSA) is 81.8 Å². The van der Waals surface area contributed by atoms with Gasteiger partial charge in [-0.3, -0.25) is 0 Å². The normalized spacial score (nSPS) is 15.3. The highest BCUT2D eigenvalue weighted by molar-refractivity contribution is 5.36. The van der Waals surface area contributed by atoms with Gasteiger partial charge in [-0.2, -0.15) is 5.26 Å². The molecule has 1 saturated heterocycles. The number of nitriles is 1.